The molecule has 0 aromatic heterocycles. The van der Waals surface area contributed by atoms with E-state index >= 15 is 0 Å². The molecule has 112 valence electrons. The lowest BCUT2D eigenvalue weighted by Crippen LogP contribution is -2.11. The van der Waals surface area contributed by atoms with Gasteiger partial charge in [-0.3, -0.25) is 14.9 Å². The molecular formula is C12H10F2N2O5. The third kappa shape index (κ3) is 4.38. The van der Waals surface area contributed by atoms with E-state index in [9.17, 15) is 23.7 Å². The van der Waals surface area contributed by atoms with Gasteiger partial charge < -0.3 is 9.47 Å². The molecule has 7 nitrogen and oxygen atoms in total. The molecule has 0 aliphatic carbocycles. The number of hydrogen-bond donors (Lipinski definition) is 0. The molecule has 21 heavy (non-hydrogen) atoms. The summed E-state index contributed by atoms with van der Waals surface area (Å²) in [6.45, 7) is -1.58. The molecule has 0 aliphatic rings. The van der Waals surface area contributed by atoms with Crippen molar-refractivity contribution >= 4 is 11.7 Å². The molecule has 0 aliphatic heterocycles. The predicted octanol–water partition coefficient (Wildman–Crippen LogP) is 2.17. The van der Waals surface area contributed by atoms with Gasteiger partial charge in [0.1, 0.15) is 17.4 Å². The van der Waals surface area contributed by atoms with Crippen molar-refractivity contribution in [3.05, 3.63) is 33.4 Å². The third-order valence-electron chi connectivity index (χ3n) is 2.35. The van der Waals surface area contributed by atoms with Crippen LogP contribution in [0.4, 0.5) is 14.5 Å². The minimum atomic E-state index is -3.20. The molecule has 0 spiro atoms. The monoisotopic (exact) mass is 300 g/mol. The number of carbonyl (C=O) groups is 1. The maximum atomic E-state index is 12.3. The molecule has 0 bridgehead atoms. The van der Waals surface area contributed by atoms with Crippen LogP contribution in [0, 0.1) is 21.4 Å². The van der Waals surface area contributed by atoms with Gasteiger partial charge >= 0.3 is 12.6 Å². The lowest BCUT2D eigenvalue weighted by atomic mass is 10.1. The summed E-state index contributed by atoms with van der Waals surface area (Å²) in [4.78, 5) is 21.5. The number of nitriles is 1. The largest absolute Gasteiger partial charge is 0.466 e. The molecule has 0 amide bonds. The van der Waals surface area contributed by atoms with E-state index < -0.39 is 40.9 Å². The highest BCUT2D eigenvalue weighted by Gasteiger charge is 2.22. The number of nitro groups is 1. The second kappa shape index (κ2) is 7.14. The number of benzene rings is 1. The molecule has 1 aromatic rings. The first-order chi connectivity index (χ1) is 9.88. The lowest BCUT2D eigenvalue weighted by molar-refractivity contribution is -0.385. The molecule has 1 aromatic carbocycles. The Morgan fingerprint density at radius 2 is 2.19 bits per heavy atom. The van der Waals surface area contributed by atoms with Crippen LogP contribution in [0.1, 0.15) is 18.1 Å². The summed E-state index contributed by atoms with van der Waals surface area (Å²) >= 11 is 0. The number of nitrogens with zero attached hydrogens (tertiary/aromatic N) is 2. The average molecular weight is 300 g/mol. The maximum Gasteiger partial charge on any atom is 0.387 e. The quantitative estimate of drug-likeness (QED) is 0.453. The average Bonchev–Trinajstić information content (AvgIpc) is 2.38. The molecular weight excluding hydrogens is 290 g/mol. The fourth-order valence-corrected chi connectivity index (χ4v) is 1.57. The van der Waals surface area contributed by atoms with Gasteiger partial charge in [0.2, 0.25) is 0 Å². The van der Waals surface area contributed by atoms with Gasteiger partial charge in [-0.2, -0.15) is 14.0 Å². The van der Waals surface area contributed by atoms with Crippen molar-refractivity contribution in [2.75, 3.05) is 6.61 Å². The van der Waals surface area contributed by atoms with Gasteiger partial charge in [-0.25, -0.2) is 0 Å². The minimum Gasteiger partial charge on any atom is -0.466 e. The first kappa shape index (κ1) is 16.3. The zero-order valence-electron chi connectivity index (χ0n) is 10.8. The van der Waals surface area contributed by atoms with E-state index in [1.807, 2.05) is 0 Å². The summed E-state index contributed by atoms with van der Waals surface area (Å²) < 4.78 is 33.3. The first-order valence-corrected chi connectivity index (χ1v) is 5.70. The topological polar surface area (TPSA) is 102 Å². The third-order valence-corrected chi connectivity index (χ3v) is 2.35. The molecule has 0 radical (unpaired) electrons. The summed E-state index contributed by atoms with van der Waals surface area (Å²) in [5, 5.41) is 19.7. The van der Waals surface area contributed by atoms with Gasteiger partial charge in [-0.05, 0) is 13.0 Å². The molecule has 0 unspecified atom stereocenters. The second-order valence-corrected chi connectivity index (χ2v) is 3.71. The molecule has 0 fully saturated rings. The summed E-state index contributed by atoms with van der Waals surface area (Å²) in [6.07, 6.45) is -0.491. The van der Waals surface area contributed by atoms with E-state index in [0.717, 1.165) is 12.1 Å². The predicted molar refractivity (Wildman–Crippen MR) is 64.8 cm³/mol. The fourth-order valence-electron chi connectivity index (χ4n) is 1.57. The van der Waals surface area contributed by atoms with Gasteiger partial charge in [0.25, 0.3) is 5.69 Å². The van der Waals surface area contributed by atoms with Gasteiger partial charge in [0, 0.05) is 11.6 Å². The van der Waals surface area contributed by atoms with E-state index in [1.165, 1.54) is 6.07 Å². The highest BCUT2D eigenvalue weighted by Crippen LogP contribution is 2.30. The van der Waals surface area contributed by atoms with Crippen LogP contribution >= 0.6 is 0 Å². The van der Waals surface area contributed by atoms with E-state index in [4.69, 9.17) is 5.26 Å². The highest BCUT2D eigenvalue weighted by atomic mass is 19.3. The van der Waals surface area contributed by atoms with Crippen molar-refractivity contribution in [1.82, 2.24) is 0 Å². The molecule has 1 rings (SSSR count). The van der Waals surface area contributed by atoms with Crippen molar-refractivity contribution in [3.63, 3.8) is 0 Å². The highest BCUT2D eigenvalue weighted by molar-refractivity contribution is 5.75. The van der Waals surface area contributed by atoms with Crippen molar-refractivity contribution in [2.24, 2.45) is 0 Å². The van der Waals surface area contributed by atoms with Crippen LogP contribution in [-0.4, -0.2) is 24.1 Å². The smallest absolute Gasteiger partial charge is 0.387 e. The molecule has 0 heterocycles. The number of nitro benzene ring substituents is 1. The van der Waals surface area contributed by atoms with Crippen LogP contribution in [0.2, 0.25) is 0 Å². The van der Waals surface area contributed by atoms with E-state index in [0.29, 0.717) is 0 Å². The SMILES string of the molecule is CCOC(=O)Cc1cc(OC(F)F)c(C#N)cc1[N+](=O)[O-]. The van der Waals surface area contributed by atoms with Crippen LogP contribution in [-0.2, 0) is 16.0 Å². The summed E-state index contributed by atoms with van der Waals surface area (Å²) in [5.41, 5.74) is -1.14. The minimum absolute atomic E-state index is 0.0727. The van der Waals surface area contributed by atoms with Crippen molar-refractivity contribution in [3.8, 4) is 11.8 Å². The Hall–Kier alpha value is -2.76. The van der Waals surface area contributed by atoms with E-state index in [-0.39, 0.29) is 12.2 Å². The Bertz CT molecular complexity index is 598. The van der Waals surface area contributed by atoms with Crippen LogP contribution in [0.25, 0.3) is 0 Å². The fraction of sp³-hybridized carbons (Fsp3) is 0.333. The van der Waals surface area contributed by atoms with Crippen LogP contribution in [0.5, 0.6) is 5.75 Å². The van der Waals surface area contributed by atoms with Crippen molar-refractivity contribution < 1.29 is 28.0 Å². The summed E-state index contributed by atoms with van der Waals surface area (Å²) in [5.74, 6) is -1.29. The Labute approximate surface area is 117 Å². The molecule has 9 heteroatoms. The Balaban J connectivity index is 3.28. The lowest BCUT2D eigenvalue weighted by Gasteiger charge is -2.09. The zero-order chi connectivity index (χ0) is 16.0. The summed E-state index contributed by atoms with van der Waals surface area (Å²) in [6, 6.07) is 3.18. The van der Waals surface area contributed by atoms with Gasteiger partial charge in [0.15, 0.2) is 0 Å². The van der Waals surface area contributed by atoms with Crippen molar-refractivity contribution in [2.45, 2.75) is 20.0 Å². The second-order valence-electron chi connectivity index (χ2n) is 3.71. The van der Waals surface area contributed by atoms with Gasteiger partial charge in [-0.15, -0.1) is 0 Å². The first-order valence-electron chi connectivity index (χ1n) is 5.70. The normalized spacial score (nSPS) is 10.0. The van der Waals surface area contributed by atoms with Crippen LogP contribution in [0.15, 0.2) is 12.1 Å². The number of alkyl halides is 2. The zero-order valence-corrected chi connectivity index (χ0v) is 10.8. The standard InChI is InChI=1S/C12H10F2N2O5/c1-2-20-11(17)5-7-4-10(21-12(13)14)8(6-15)3-9(7)16(18)19/h3-4,12H,2,5H2,1H3. The molecule has 0 atom stereocenters. The summed E-state index contributed by atoms with van der Waals surface area (Å²) in [7, 11) is 0. The molecule has 0 saturated carbocycles. The van der Waals surface area contributed by atoms with E-state index in [2.05, 4.69) is 9.47 Å². The molecule has 0 N–H and O–H groups in total. The number of ether oxygens (including phenoxy) is 2. The molecule has 0 saturated heterocycles. The number of halogens is 2. The van der Waals surface area contributed by atoms with Gasteiger partial charge in [0.05, 0.1) is 18.0 Å². The van der Waals surface area contributed by atoms with Crippen LogP contribution < -0.4 is 4.74 Å². The van der Waals surface area contributed by atoms with Crippen LogP contribution in [0.3, 0.4) is 0 Å². The number of rotatable bonds is 6. The maximum absolute atomic E-state index is 12.3. The number of hydrogen-bond acceptors (Lipinski definition) is 6. The Morgan fingerprint density at radius 1 is 1.52 bits per heavy atom. The van der Waals surface area contributed by atoms with Gasteiger partial charge in [-0.1, -0.05) is 0 Å². The Morgan fingerprint density at radius 3 is 2.67 bits per heavy atom. The number of esters is 1. The van der Waals surface area contributed by atoms with E-state index in [1.54, 1.807) is 6.92 Å². The number of carbonyl (C=O) groups excluding carboxylic acids is 1. The Kier molecular flexibility index (Phi) is 5.54. The van der Waals surface area contributed by atoms with Crippen molar-refractivity contribution in [1.29, 1.82) is 5.26 Å².